The lowest BCUT2D eigenvalue weighted by molar-refractivity contribution is 0.0520. The zero-order valence-corrected chi connectivity index (χ0v) is 20.0. The molecule has 0 bridgehead atoms. The minimum Gasteiger partial charge on any atom is -0.444 e. The maximum Gasteiger partial charge on any atom is 0.407 e. The summed E-state index contributed by atoms with van der Waals surface area (Å²) in [6.07, 6.45) is 1.82. The van der Waals surface area contributed by atoms with Gasteiger partial charge in [-0.2, -0.15) is 5.10 Å². The van der Waals surface area contributed by atoms with E-state index in [1.54, 1.807) is 10.9 Å². The summed E-state index contributed by atoms with van der Waals surface area (Å²) < 4.78 is 7.13. The fourth-order valence-electron chi connectivity index (χ4n) is 3.30. The number of nitrogens with one attached hydrogen (secondary N) is 2. The van der Waals surface area contributed by atoms with Gasteiger partial charge in [0.15, 0.2) is 0 Å². The standard InChI is InChI=1S/C24H30N4O3S/c1-16-13-20(32-21(16)19-11-12-26-28(19)5)22(29)27-18(14-17-9-7-6-8-10-17)15-25-23(30)31-24(2,3)4/h6-13,18H,14-15H2,1-5H3,(H,25,30)(H,27,29). The topological polar surface area (TPSA) is 85.2 Å². The first-order valence-corrected chi connectivity index (χ1v) is 11.3. The predicted octanol–water partition coefficient (Wildman–Crippen LogP) is 4.32. The normalized spacial score (nSPS) is 12.3. The van der Waals surface area contributed by atoms with E-state index in [0.717, 1.165) is 21.7 Å². The number of aryl methyl sites for hydroxylation is 2. The molecule has 3 rings (SSSR count). The molecule has 0 radical (unpaired) electrons. The number of benzene rings is 1. The molecule has 2 amide bonds. The third-order valence-electron chi connectivity index (χ3n) is 4.75. The maximum atomic E-state index is 13.1. The van der Waals surface area contributed by atoms with Crippen LogP contribution >= 0.6 is 11.3 Å². The van der Waals surface area contributed by atoms with Crippen molar-refractivity contribution < 1.29 is 14.3 Å². The highest BCUT2D eigenvalue weighted by molar-refractivity contribution is 7.17. The molecule has 2 N–H and O–H groups in total. The average Bonchev–Trinajstić information content (AvgIpc) is 3.30. The maximum absolute atomic E-state index is 13.1. The van der Waals surface area contributed by atoms with Gasteiger partial charge in [-0.1, -0.05) is 30.3 Å². The third-order valence-corrected chi connectivity index (χ3v) is 6.01. The lowest BCUT2D eigenvalue weighted by atomic mass is 10.1. The largest absolute Gasteiger partial charge is 0.444 e. The number of rotatable bonds is 7. The average molecular weight is 455 g/mol. The molecule has 0 aliphatic rings. The van der Waals surface area contributed by atoms with Crippen LogP contribution in [0.5, 0.6) is 0 Å². The van der Waals surface area contributed by atoms with Crippen LogP contribution in [-0.2, 0) is 18.2 Å². The van der Waals surface area contributed by atoms with Gasteiger partial charge in [-0.05, 0) is 57.4 Å². The molecule has 0 saturated carbocycles. The molecule has 7 nitrogen and oxygen atoms in total. The second-order valence-corrected chi connectivity index (χ2v) is 9.76. The van der Waals surface area contributed by atoms with E-state index in [1.807, 2.05) is 77.2 Å². The van der Waals surface area contributed by atoms with Crippen molar-refractivity contribution in [1.82, 2.24) is 20.4 Å². The van der Waals surface area contributed by atoms with Crippen molar-refractivity contribution in [3.05, 3.63) is 64.7 Å². The van der Waals surface area contributed by atoms with Crippen LogP contribution in [0.25, 0.3) is 10.6 Å². The van der Waals surface area contributed by atoms with Crippen LogP contribution in [0, 0.1) is 6.92 Å². The summed E-state index contributed by atoms with van der Waals surface area (Å²) in [5, 5.41) is 10.1. The van der Waals surface area contributed by atoms with Gasteiger partial charge in [0.05, 0.1) is 21.5 Å². The van der Waals surface area contributed by atoms with Crippen LogP contribution in [0.15, 0.2) is 48.7 Å². The van der Waals surface area contributed by atoms with E-state index in [9.17, 15) is 9.59 Å². The molecule has 1 atom stereocenters. The summed E-state index contributed by atoms with van der Waals surface area (Å²) in [5.74, 6) is -0.168. The molecule has 8 heteroatoms. The molecule has 2 heterocycles. The zero-order valence-electron chi connectivity index (χ0n) is 19.1. The molecular weight excluding hydrogens is 424 g/mol. The highest BCUT2D eigenvalue weighted by Gasteiger charge is 2.21. The fourth-order valence-corrected chi connectivity index (χ4v) is 4.43. The number of ether oxygens (including phenoxy) is 1. The Bertz CT molecular complexity index is 1070. The first kappa shape index (κ1) is 23.5. The fraction of sp³-hybridized carbons (Fsp3) is 0.375. The predicted molar refractivity (Wildman–Crippen MR) is 127 cm³/mol. The Balaban J connectivity index is 1.73. The van der Waals surface area contributed by atoms with Gasteiger partial charge in [-0.15, -0.1) is 11.3 Å². The monoisotopic (exact) mass is 454 g/mol. The number of thiophene rings is 1. The van der Waals surface area contributed by atoms with E-state index in [-0.39, 0.29) is 18.5 Å². The molecule has 0 spiro atoms. The third kappa shape index (κ3) is 6.43. The molecule has 1 aromatic carbocycles. The summed E-state index contributed by atoms with van der Waals surface area (Å²) in [5.41, 5.74) is 2.48. The van der Waals surface area contributed by atoms with Gasteiger partial charge in [-0.3, -0.25) is 9.48 Å². The number of amides is 2. The molecule has 170 valence electrons. The van der Waals surface area contributed by atoms with Crippen LogP contribution in [0.4, 0.5) is 4.79 Å². The first-order valence-electron chi connectivity index (χ1n) is 10.5. The number of alkyl carbamates (subject to hydrolysis) is 1. The molecule has 2 aromatic heterocycles. The van der Waals surface area contributed by atoms with E-state index < -0.39 is 11.7 Å². The Morgan fingerprint density at radius 1 is 1.19 bits per heavy atom. The molecule has 1 unspecified atom stereocenters. The Labute approximate surface area is 192 Å². The van der Waals surface area contributed by atoms with Crippen LogP contribution < -0.4 is 10.6 Å². The number of aromatic nitrogens is 2. The minimum atomic E-state index is -0.584. The number of hydrogen-bond acceptors (Lipinski definition) is 5. The summed E-state index contributed by atoms with van der Waals surface area (Å²) >= 11 is 1.44. The van der Waals surface area contributed by atoms with E-state index in [1.165, 1.54) is 11.3 Å². The lowest BCUT2D eigenvalue weighted by Gasteiger charge is -2.22. The van der Waals surface area contributed by atoms with E-state index in [2.05, 4.69) is 15.7 Å². The number of carbonyl (C=O) groups excluding carboxylic acids is 2. The van der Waals surface area contributed by atoms with Crippen molar-refractivity contribution in [2.45, 2.75) is 45.8 Å². The SMILES string of the molecule is Cc1cc(C(=O)NC(CNC(=O)OC(C)(C)C)Cc2ccccc2)sc1-c1ccnn1C. The Morgan fingerprint density at radius 3 is 2.53 bits per heavy atom. The Morgan fingerprint density at radius 2 is 1.91 bits per heavy atom. The molecule has 0 aliphatic carbocycles. The molecular formula is C24H30N4O3S. The minimum absolute atomic E-state index is 0.168. The van der Waals surface area contributed by atoms with Gasteiger partial charge < -0.3 is 15.4 Å². The van der Waals surface area contributed by atoms with Crippen LogP contribution in [0.1, 0.15) is 41.6 Å². The van der Waals surface area contributed by atoms with Crippen LogP contribution in [0.3, 0.4) is 0 Å². The van der Waals surface area contributed by atoms with Crippen molar-refractivity contribution in [3.8, 4) is 10.6 Å². The highest BCUT2D eigenvalue weighted by Crippen LogP contribution is 2.32. The van der Waals surface area contributed by atoms with Gasteiger partial charge in [-0.25, -0.2) is 4.79 Å². The van der Waals surface area contributed by atoms with Crippen molar-refractivity contribution in [3.63, 3.8) is 0 Å². The molecule has 0 saturated heterocycles. The van der Waals surface area contributed by atoms with E-state index >= 15 is 0 Å². The Hall–Kier alpha value is -3.13. The second-order valence-electron chi connectivity index (χ2n) is 8.71. The summed E-state index contributed by atoms with van der Waals surface area (Å²) in [7, 11) is 1.88. The van der Waals surface area contributed by atoms with Crippen molar-refractivity contribution >= 4 is 23.3 Å². The smallest absolute Gasteiger partial charge is 0.407 e. The van der Waals surface area contributed by atoms with Crippen LogP contribution in [0.2, 0.25) is 0 Å². The van der Waals surface area contributed by atoms with Crippen LogP contribution in [-0.4, -0.2) is 40.0 Å². The molecule has 0 fully saturated rings. The quantitative estimate of drug-likeness (QED) is 0.557. The lowest BCUT2D eigenvalue weighted by Crippen LogP contribution is -2.45. The van der Waals surface area contributed by atoms with Gasteiger partial charge in [0.1, 0.15) is 5.60 Å². The molecule has 3 aromatic rings. The first-order chi connectivity index (χ1) is 15.1. The van der Waals surface area contributed by atoms with Crippen molar-refractivity contribution in [2.24, 2.45) is 7.05 Å². The highest BCUT2D eigenvalue weighted by atomic mass is 32.1. The summed E-state index contributed by atoms with van der Waals surface area (Å²) in [4.78, 5) is 26.8. The van der Waals surface area contributed by atoms with Crippen molar-refractivity contribution in [2.75, 3.05) is 6.54 Å². The van der Waals surface area contributed by atoms with Crippen molar-refractivity contribution in [1.29, 1.82) is 0 Å². The summed E-state index contributed by atoms with van der Waals surface area (Å²) in [6.45, 7) is 7.69. The number of nitrogens with zero attached hydrogens (tertiary/aromatic N) is 2. The Kier molecular flexibility index (Phi) is 7.35. The number of hydrogen-bond donors (Lipinski definition) is 2. The zero-order chi connectivity index (χ0) is 23.3. The van der Waals surface area contributed by atoms with Gasteiger partial charge in [0.25, 0.3) is 5.91 Å². The molecule has 0 aliphatic heterocycles. The molecule has 32 heavy (non-hydrogen) atoms. The second kappa shape index (κ2) is 9.99. The number of carbonyl (C=O) groups is 2. The van der Waals surface area contributed by atoms with E-state index in [4.69, 9.17) is 4.74 Å². The van der Waals surface area contributed by atoms with Gasteiger partial charge in [0.2, 0.25) is 0 Å². The van der Waals surface area contributed by atoms with Gasteiger partial charge in [0, 0.05) is 19.8 Å². The summed E-state index contributed by atoms with van der Waals surface area (Å²) in [6, 6.07) is 13.4. The van der Waals surface area contributed by atoms with E-state index in [0.29, 0.717) is 11.3 Å². The van der Waals surface area contributed by atoms with Gasteiger partial charge >= 0.3 is 6.09 Å².